The maximum atomic E-state index is 3.80. The molecular formula is C18H33P. The highest BCUT2D eigenvalue weighted by Crippen LogP contribution is 2.39. The lowest BCUT2D eigenvalue weighted by atomic mass is 10.2. The third-order valence-corrected chi connectivity index (χ3v) is 6.24. The van der Waals surface area contributed by atoms with E-state index in [4.69, 9.17) is 0 Å². The first-order valence-electron chi connectivity index (χ1n) is 7.90. The molecule has 0 amide bonds. The van der Waals surface area contributed by atoms with Crippen molar-refractivity contribution in [2.75, 3.05) is 18.5 Å². The minimum absolute atomic E-state index is 0.287. The van der Waals surface area contributed by atoms with E-state index < -0.39 is 0 Å². The second-order valence-corrected chi connectivity index (χ2v) is 7.88. The summed E-state index contributed by atoms with van der Waals surface area (Å²) in [7, 11) is 0.287. The summed E-state index contributed by atoms with van der Waals surface area (Å²) in [6.07, 6.45) is 22.4. The molecule has 0 fully saturated rings. The van der Waals surface area contributed by atoms with Crippen molar-refractivity contribution in [3.63, 3.8) is 0 Å². The molecule has 0 spiro atoms. The number of hydrogen-bond donors (Lipinski definition) is 0. The third kappa shape index (κ3) is 13.9. The Hall–Kier alpha value is -0.350. The largest absolute Gasteiger partial charge is 0.107 e. The quantitative estimate of drug-likeness (QED) is 0.181. The Bertz CT molecular complexity index is 182. The average molecular weight is 280 g/mol. The minimum atomic E-state index is 0.287. The van der Waals surface area contributed by atoms with Crippen LogP contribution in [-0.2, 0) is 0 Å². The summed E-state index contributed by atoms with van der Waals surface area (Å²) >= 11 is 0. The van der Waals surface area contributed by atoms with E-state index in [-0.39, 0.29) is 7.92 Å². The number of rotatable bonds is 15. The van der Waals surface area contributed by atoms with Crippen molar-refractivity contribution in [1.82, 2.24) is 0 Å². The highest BCUT2D eigenvalue weighted by molar-refractivity contribution is 7.57. The zero-order valence-corrected chi connectivity index (χ0v) is 13.7. The topological polar surface area (TPSA) is 0 Å². The van der Waals surface area contributed by atoms with Gasteiger partial charge in [-0.25, -0.2) is 0 Å². The van der Waals surface area contributed by atoms with Crippen molar-refractivity contribution in [3.05, 3.63) is 38.0 Å². The Morgan fingerprint density at radius 1 is 0.526 bits per heavy atom. The van der Waals surface area contributed by atoms with E-state index in [9.17, 15) is 0 Å². The standard InChI is InChI=1S/C18H33P/c1-4-7-10-13-16-19(17-14-11-8-5-2)18-15-12-9-6-3/h4-6H,1-3,7-18H2. The molecule has 0 aromatic heterocycles. The number of unbranched alkanes of at least 4 members (excludes halogenated alkanes) is 6. The third-order valence-electron chi connectivity index (χ3n) is 3.40. The second-order valence-electron chi connectivity index (χ2n) is 5.20. The molecule has 110 valence electrons. The number of allylic oxidation sites excluding steroid dienone is 3. The normalized spacial score (nSPS) is 10.6. The van der Waals surface area contributed by atoms with Gasteiger partial charge in [-0.3, -0.25) is 0 Å². The van der Waals surface area contributed by atoms with Gasteiger partial charge in [0.25, 0.3) is 0 Å². The summed E-state index contributed by atoms with van der Waals surface area (Å²) in [6.45, 7) is 11.4. The van der Waals surface area contributed by atoms with Crippen LogP contribution in [-0.4, -0.2) is 18.5 Å². The predicted molar refractivity (Wildman–Crippen MR) is 93.7 cm³/mol. The molecule has 19 heavy (non-hydrogen) atoms. The Labute approximate surface area is 122 Å². The van der Waals surface area contributed by atoms with Gasteiger partial charge in [-0.2, -0.15) is 0 Å². The molecule has 0 aliphatic heterocycles. The van der Waals surface area contributed by atoms with Crippen molar-refractivity contribution < 1.29 is 0 Å². The zero-order chi connectivity index (χ0) is 14.2. The molecule has 0 heterocycles. The van der Waals surface area contributed by atoms with Crippen LogP contribution >= 0.6 is 7.92 Å². The van der Waals surface area contributed by atoms with Crippen molar-refractivity contribution in [1.29, 1.82) is 0 Å². The lowest BCUT2D eigenvalue weighted by Crippen LogP contribution is -1.96. The van der Waals surface area contributed by atoms with Crippen LogP contribution in [0.25, 0.3) is 0 Å². The average Bonchev–Trinajstić information content (AvgIpc) is 2.43. The molecule has 0 nitrogen and oxygen atoms in total. The molecule has 1 heteroatoms. The van der Waals surface area contributed by atoms with E-state index >= 15 is 0 Å². The molecule has 0 N–H and O–H groups in total. The molecule has 0 aromatic carbocycles. The summed E-state index contributed by atoms with van der Waals surface area (Å²) in [5.41, 5.74) is 0. The van der Waals surface area contributed by atoms with Gasteiger partial charge in [0.2, 0.25) is 0 Å². The molecule has 0 aliphatic rings. The first-order chi connectivity index (χ1) is 9.35. The van der Waals surface area contributed by atoms with Crippen LogP contribution in [0.3, 0.4) is 0 Å². The Kier molecular flexibility index (Phi) is 15.4. The first-order valence-corrected chi connectivity index (χ1v) is 9.80. The fourth-order valence-corrected chi connectivity index (χ4v) is 4.89. The first kappa shape index (κ1) is 18.7. The fraction of sp³-hybridized carbons (Fsp3) is 0.667. The van der Waals surface area contributed by atoms with Crippen LogP contribution in [0.15, 0.2) is 38.0 Å². The highest BCUT2D eigenvalue weighted by atomic mass is 31.1. The molecule has 0 aromatic rings. The van der Waals surface area contributed by atoms with Gasteiger partial charge in [-0.1, -0.05) is 18.2 Å². The van der Waals surface area contributed by atoms with E-state index in [2.05, 4.69) is 38.0 Å². The van der Waals surface area contributed by atoms with Crippen molar-refractivity contribution >= 4 is 7.92 Å². The summed E-state index contributed by atoms with van der Waals surface area (Å²) in [6, 6.07) is 0. The minimum Gasteiger partial charge on any atom is -0.107 e. The maximum Gasteiger partial charge on any atom is -0.0326 e. The van der Waals surface area contributed by atoms with E-state index in [1.807, 2.05) is 0 Å². The van der Waals surface area contributed by atoms with Gasteiger partial charge >= 0.3 is 0 Å². The smallest absolute Gasteiger partial charge is 0.0326 e. The van der Waals surface area contributed by atoms with Gasteiger partial charge < -0.3 is 0 Å². The van der Waals surface area contributed by atoms with Crippen molar-refractivity contribution in [2.24, 2.45) is 0 Å². The summed E-state index contributed by atoms with van der Waals surface area (Å²) in [5, 5.41) is 0. The van der Waals surface area contributed by atoms with Crippen molar-refractivity contribution in [2.45, 2.75) is 57.8 Å². The van der Waals surface area contributed by atoms with E-state index in [1.54, 1.807) is 0 Å². The van der Waals surface area contributed by atoms with Gasteiger partial charge in [0.1, 0.15) is 0 Å². The van der Waals surface area contributed by atoms with E-state index in [1.165, 1.54) is 76.3 Å². The SMILES string of the molecule is C=CCCCCP(CCCCC=C)CCCCC=C. The second kappa shape index (κ2) is 15.7. The Morgan fingerprint density at radius 3 is 1.11 bits per heavy atom. The van der Waals surface area contributed by atoms with Crippen LogP contribution < -0.4 is 0 Å². The van der Waals surface area contributed by atoms with Crippen LogP contribution in [0.1, 0.15) is 57.8 Å². The molecular weight excluding hydrogens is 247 g/mol. The van der Waals surface area contributed by atoms with E-state index in [0.29, 0.717) is 0 Å². The zero-order valence-electron chi connectivity index (χ0n) is 12.8. The van der Waals surface area contributed by atoms with Crippen molar-refractivity contribution in [3.8, 4) is 0 Å². The molecule has 0 radical (unpaired) electrons. The molecule has 0 aliphatic carbocycles. The van der Waals surface area contributed by atoms with Gasteiger partial charge in [0, 0.05) is 0 Å². The maximum absolute atomic E-state index is 3.80. The van der Waals surface area contributed by atoms with Crippen LogP contribution in [0.4, 0.5) is 0 Å². The van der Waals surface area contributed by atoms with Crippen LogP contribution in [0.2, 0.25) is 0 Å². The summed E-state index contributed by atoms with van der Waals surface area (Å²) in [5.74, 6) is 0. The highest BCUT2D eigenvalue weighted by Gasteiger charge is 2.07. The monoisotopic (exact) mass is 280 g/mol. The Morgan fingerprint density at radius 2 is 0.842 bits per heavy atom. The predicted octanol–water partition coefficient (Wildman–Crippen LogP) is 6.54. The summed E-state index contributed by atoms with van der Waals surface area (Å²) < 4.78 is 0. The molecule has 0 bridgehead atoms. The van der Waals surface area contributed by atoms with Gasteiger partial charge in [-0.15, -0.1) is 27.7 Å². The number of hydrogen-bond acceptors (Lipinski definition) is 0. The molecule has 0 saturated heterocycles. The van der Waals surface area contributed by atoms with Gasteiger partial charge in [0.15, 0.2) is 0 Å². The Balaban J connectivity index is 3.74. The summed E-state index contributed by atoms with van der Waals surface area (Å²) in [4.78, 5) is 0. The lowest BCUT2D eigenvalue weighted by molar-refractivity contribution is 0.787. The molecule has 0 unspecified atom stereocenters. The van der Waals surface area contributed by atoms with E-state index in [0.717, 1.165) is 0 Å². The van der Waals surface area contributed by atoms with Gasteiger partial charge in [-0.05, 0) is 76.3 Å². The lowest BCUT2D eigenvalue weighted by Gasteiger charge is -2.17. The van der Waals surface area contributed by atoms with Crippen LogP contribution in [0, 0.1) is 0 Å². The van der Waals surface area contributed by atoms with Gasteiger partial charge in [0.05, 0.1) is 0 Å². The van der Waals surface area contributed by atoms with Crippen LogP contribution in [0.5, 0.6) is 0 Å². The molecule has 0 rings (SSSR count). The molecule has 0 saturated carbocycles. The molecule has 0 atom stereocenters. The fourth-order valence-electron chi connectivity index (χ4n) is 2.21.